The second-order valence-corrected chi connectivity index (χ2v) is 6.93. The quantitative estimate of drug-likeness (QED) is 0.763. The molecule has 0 bridgehead atoms. The van der Waals surface area contributed by atoms with Gasteiger partial charge in [0.2, 0.25) is 0 Å². The van der Waals surface area contributed by atoms with Crippen LogP contribution >= 0.6 is 11.6 Å². The molecule has 1 aliphatic carbocycles. The van der Waals surface area contributed by atoms with Crippen LogP contribution in [0.3, 0.4) is 0 Å². The van der Waals surface area contributed by atoms with Crippen LogP contribution in [0.15, 0.2) is 24.3 Å². The van der Waals surface area contributed by atoms with Crippen LogP contribution in [0.25, 0.3) is 0 Å². The molecule has 3 rings (SSSR count). The Hall–Kier alpha value is -0.860. The van der Waals surface area contributed by atoms with Crippen molar-refractivity contribution in [1.82, 2.24) is 4.90 Å². The Balaban J connectivity index is 1.64. The first-order valence-corrected chi connectivity index (χ1v) is 8.65. The van der Waals surface area contributed by atoms with Gasteiger partial charge in [-0.15, -0.1) is 0 Å². The van der Waals surface area contributed by atoms with E-state index in [2.05, 4.69) is 4.90 Å². The predicted octanol–water partition coefficient (Wildman–Crippen LogP) is 4.57. The lowest BCUT2D eigenvalue weighted by molar-refractivity contribution is 0.0698. The van der Waals surface area contributed by atoms with Crippen molar-refractivity contribution in [3.63, 3.8) is 0 Å². The molecule has 1 saturated heterocycles. The fourth-order valence-corrected chi connectivity index (χ4v) is 3.97. The molecule has 1 saturated carbocycles. The van der Waals surface area contributed by atoms with Crippen molar-refractivity contribution in [1.29, 1.82) is 0 Å². The van der Waals surface area contributed by atoms with Crippen molar-refractivity contribution in [3.8, 4) is 0 Å². The summed E-state index contributed by atoms with van der Waals surface area (Å²) in [6.45, 7) is 2.13. The number of nitrogens with zero attached hydrogens (tertiary/aromatic N) is 1. The molecule has 1 aromatic carbocycles. The van der Waals surface area contributed by atoms with Gasteiger partial charge in [0.25, 0.3) is 0 Å². The van der Waals surface area contributed by atoms with Gasteiger partial charge in [-0.05, 0) is 56.5 Å². The molecule has 114 valence electrons. The Morgan fingerprint density at radius 3 is 2.43 bits per heavy atom. The highest BCUT2D eigenvalue weighted by molar-refractivity contribution is 6.30. The summed E-state index contributed by atoms with van der Waals surface area (Å²) in [4.78, 5) is 15.3. The molecule has 0 unspecified atom stereocenters. The molecule has 21 heavy (non-hydrogen) atoms. The third kappa shape index (κ3) is 3.67. The summed E-state index contributed by atoms with van der Waals surface area (Å²) in [6, 6.07) is 8.08. The van der Waals surface area contributed by atoms with Crippen LogP contribution in [-0.4, -0.2) is 29.8 Å². The van der Waals surface area contributed by atoms with E-state index in [4.69, 9.17) is 11.6 Å². The molecular formula is C18H24ClNO. The van der Waals surface area contributed by atoms with E-state index in [0.29, 0.717) is 10.8 Å². The highest BCUT2D eigenvalue weighted by Crippen LogP contribution is 2.28. The Morgan fingerprint density at radius 1 is 1.00 bits per heavy atom. The summed E-state index contributed by atoms with van der Waals surface area (Å²) in [6.07, 6.45) is 8.93. The van der Waals surface area contributed by atoms with Crippen LogP contribution < -0.4 is 0 Å². The van der Waals surface area contributed by atoms with Gasteiger partial charge in [0.05, 0.1) is 0 Å². The molecule has 1 aromatic rings. The van der Waals surface area contributed by atoms with Crippen LogP contribution in [0.4, 0.5) is 0 Å². The molecule has 2 aliphatic rings. The van der Waals surface area contributed by atoms with Crippen LogP contribution in [0.2, 0.25) is 5.02 Å². The Bertz CT molecular complexity index is 478. The predicted molar refractivity (Wildman–Crippen MR) is 87.0 cm³/mol. The summed E-state index contributed by atoms with van der Waals surface area (Å²) < 4.78 is 0. The number of likely N-dealkylation sites (tertiary alicyclic amines) is 1. The fourth-order valence-electron chi connectivity index (χ4n) is 3.85. The number of carbonyl (C=O) groups is 1. The Labute approximate surface area is 132 Å². The standard InChI is InChI=1S/C18H24ClNO/c19-16-10-8-14(9-11-16)18(21)15-5-4-12-20(13-15)17-6-2-1-3-7-17/h8-11,15,17H,1-7,12-13H2/t15-/m0/s1. The van der Waals surface area contributed by atoms with Gasteiger partial charge < -0.3 is 0 Å². The number of rotatable bonds is 3. The smallest absolute Gasteiger partial charge is 0.167 e. The molecule has 3 heteroatoms. The molecule has 0 amide bonds. The largest absolute Gasteiger partial charge is 0.300 e. The monoisotopic (exact) mass is 305 g/mol. The number of benzene rings is 1. The second-order valence-electron chi connectivity index (χ2n) is 6.50. The van der Waals surface area contributed by atoms with E-state index in [-0.39, 0.29) is 5.92 Å². The lowest BCUT2D eigenvalue weighted by Gasteiger charge is -2.39. The number of halogens is 1. The molecule has 0 aromatic heterocycles. The van der Waals surface area contributed by atoms with Gasteiger partial charge in [0.15, 0.2) is 5.78 Å². The van der Waals surface area contributed by atoms with Crippen molar-refractivity contribution in [3.05, 3.63) is 34.9 Å². The maximum absolute atomic E-state index is 12.7. The first kappa shape index (κ1) is 15.1. The first-order chi connectivity index (χ1) is 10.2. The van der Waals surface area contributed by atoms with E-state index in [1.165, 1.54) is 38.6 Å². The molecule has 0 radical (unpaired) electrons. The van der Waals surface area contributed by atoms with Crippen molar-refractivity contribution >= 4 is 17.4 Å². The van der Waals surface area contributed by atoms with Gasteiger partial charge in [-0.25, -0.2) is 0 Å². The zero-order valence-corrected chi connectivity index (χ0v) is 13.3. The van der Waals surface area contributed by atoms with Gasteiger partial charge in [-0.3, -0.25) is 9.69 Å². The Kier molecular flexibility index (Phi) is 4.97. The van der Waals surface area contributed by atoms with Crippen LogP contribution in [0.1, 0.15) is 55.3 Å². The van der Waals surface area contributed by atoms with Crippen molar-refractivity contribution in [2.75, 3.05) is 13.1 Å². The van der Waals surface area contributed by atoms with Gasteiger partial charge in [-0.2, -0.15) is 0 Å². The van der Waals surface area contributed by atoms with E-state index in [1.807, 2.05) is 24.3 Å². The molecule has 0 N–H and O–H groups in total. The summed E-state index contributed by atoms with van der Waals surface area (Å²) >= 11 is 5.91. The zero-order valence-electron chi connectivity index (χ0n) is 12.6. The molecular weight excluding hydrogens is 282 g/mol. The Morgan fingerprint density at radius 2 is 1.71 bits per heavy atom. The summed E-state index contributed by atoms with van der Waals surface area (Å²) in [5.41, 5.74) is 0.815. The van der Waals surface area contributed by atoms with Gasteiger partial charge in [0, 0.05) is 29.1 Å². The minimum absolute atomic E-state index is 0.168. The van der Waals surface area contributed by atoms with Gasteiger partial charge in [0.1, 0.15) is 0 Å². The van der Waals surface area contributed by atoms with Gasteiger partial charge >= 0.3 is 0 Å². The minimum atomic E-state index is 0.168. The number of hydrogen-bond donors (Lipinski definition) is 0. The number of ketones is 1. The summed E-state index contributed by atoms with van der Waals surface area (Å²) in [5, 5.41) is 0.694. The SMILES string of the molecule is O=C(c1ccc(Cl)cc1)[C@H]1CCCN(C2CCCCC2)C1. The van der Waals surface area contributed by atoms with E-state index < -0.39 is 0 Å². The first-order valence-electron chi connectivity index (χ1n) is 8.28. The van der Waals surface area contributed by atoms with Crippen molar-refractivity contribution in [2.24, 2.45) is 5.92 Å². The summed E-state index contributed by atoms with van der Waals surface area (Å²) in [5.74, 6) is 0.467. The summed E-state index contributed by atoms with van der Waals surface area (Å²) in [7, 11) is 0. The van der Waals surface area contributed by atoms with E-state index in [0.717, 1.165) is 31.0 Å². The number of Topliss-reactive ketones (excluding diaryl/α,β-unsaturated/α-hetero) is 1. The molecule has 1 aliphatic heterocycles. The van der Waals surface area contributed by atoms with Crippen molar-refractivity contribution < 1.29 is 4.79 Å². The molecule has 0 spiro atoms. The van der Waals surface area contributed by atoms with Gasteiger partial charge in [-0.1, -0.05) is 30.9 Å². The molecule has 1 atom stereocenters. The normalized spacial score (nSPS) is 24.9. The zero-order chi connectivity index (χ0) is 14.7. The van der Waals surface area contributed by atoms with Crippen LogP contribution in [0.5, 0.6) is 0 Å². The maximum Gasteiger partial charge on any atom is 0.167 e. The average Bonchev–Trinajstić information content (AvgIpc) is 2.56. The number of hydrogen-bond acceptors (Lipinski definition) is 2. The third-order valence-corrected chi connectivity index (χ3v) is 5.30. The fraction of sp³-hybridized carbons (Fsp3) is 0.611. The minimum Gasteiger partial charge on any atom is -0.300 e. The highest BCUT2D eigenvalue weighted by Gasteiger charge is 2.30. The molecule has 2 fully saturated rings. The number of carbonyl (C=O) groups excluding carboxylic acids is 1. The number of piperidine rings is 1. The average molecular weight is 306 g/mol. The van der Waals surface area contributed by atoms with Crippen molar-refractivity contribution in [2.45, 2.75) is 51.0 Å². The topological polar surface area (TPSA) is 20.3 Å². The molecule has 2 nitrogen and oxygen atoms in total. The van der Waals surface area contributed by atoms with E-state index in [1.54, 1.807) is 0 Å². The maximum atomic E-state index is 12.7. The molecule has 1 heterocycles. The van der Waals surface area contributed by atoms with E-state index >= 15 is 0 Å². The van der Waals surface area contributed by atoms with Crippen LogP contribution in [-0.2, 0) is 0 Å². The lowest BCUT2D eigenvalue weighted by atomic mass is 9.87. The van der Waals surface area contributed by atoms with E-state index in [9.17, 15) is 4.79 Å². The van der Waals surface area contributed by atoms with Crippen LogP contribution in [0, 0.1) is 5.92 Å². The second kappa shape index (κ2) is 6.93. The highest BCUT2D eigenvalue weighted by atomic mass is 35.5. The lowest BCUT2D eigenvalue weighted by Crippen LogP contribution is -2.45. The third-order valence-electron chi connectivity index (χ3n) is 5.04.